The zero-order valence-corrected chi connectivity index (χ0v) is 21.3. The van der Waals surface area contributed by atoms with Crippen LogP contribution in [0, 0.1) is 23.7 Å². The van der Waals surface area contributed by atoms with E-state index in [9.17, 15) is 40.9 Å². The highest BCUT2D eigenvalue weighted by atomic mass is 19.3. The molecule has 12 heteroatoms. The number of alkyl halides is 2. The predicted molar refractivity (Wildman–Crippen MR) is 136 cm³/mol. The first kappa shape index (κ1) is 29.5. The molecule has 0 aromatic heterocycles. The van der Waals surface area contributed by atoms with E-state index in [4.69, 9.17) is 9.47 Å². The molecule has 0 amide bonds. The van der Waals surface area contributed by atoms with Gasteiger partial charge in [0.2, 0.25) is 0 Å². The number of fused-ring (bicyclic) bond motifs is 3. The third-order valence-corrected chi connectivity index (χ3v) is 7.51. The summed E-state index contributed by atoms with van der Waals surface area (Å²) >= 11 is 0. The van der Waals surface area contributed by atoms with E-state index in [1.165, 1.54) is 36.4 Å². The van der Waals surface area contributed by atoms with Crippen molar-refractivity contribution in [2.45, 2.75) is 67.0 Å². The first-order valence-electron chi connectivity index (χ1n) is 12.8. The third kappa shape index (κ3) is 5.25. The molecule has 2 aromatic rings. The number of hydrogen-bond acceptors (Lipinski definition) is 10. The Kier molecular flexibility index (Phi) is 8.18. The van der Waals surface area contributed by atoms with E-state index >= 15 is 8.78 Å². The molecule has 0 radical (unpaired) electrons. The number of hydrogen-bond donors (Lipinski definition) is 8. The van der Waals surface area contributed by atoms with E-state index < -0.39 is 80.2 Å². The van der Waals surface area contributed by atoms with Gasteiger partial charge in [0, 0.05) is 22.3 Å². The van der Waals surface area contributed by atoms with Crippen LogP contribution in [0.4, 0.5) is 8.78 Å². The summed E-state index contributed by atoms with van der Waals surface area (Å²) in [5.74, 6) is 7.01. The molecule has 0 spiro atoms. The SMILES string of the molecule is OC[C@H]1O[C@H](C#Cc2ccc3c(c2)C(F)(F)c2cc(C#C[C@H]4O[C@H](CO)[C@@H](O)[C@H](O)[C@@H]4O)ccc2-3)[C@@H](O)[C@@H](O)[C@@H]1O. The maximum atomic E-state index is 15.6. The van der Waals surface area contributed by atoms with Crippen LogP contribution in [0.15, 0.2) is 36.4 Å². The summed E-state index contributed by atoms with van der Waals surface area (Å²) in [4.78, 5) is 0. The molecule has 10 nitrogen and oxygen atoms in total. The van der Waals surface area contributed by atoms with Crippen LogP contribution in [0.5, 0.6) is 0 Å². The fraction of sp³-hybridized carbons (Fsp3) is 0.448. The van der Waals surface area contributed by atoms with Crippen molar-refractivity contribution in [3.8, 4) is 34.8 Å². The second-order valence-electron chi connectivity index (χ2n) is 10.1. The van der Waals surface area contributed by atoms with Crippen LogP contribution in [0.2, 0.25) is 0 Å². The number of rotatable bonds is 2. The van der Waals surface area contributed by atoms with Gasteiger partial charge in [-0.1, -0.05) is 35.8 Å². The summed E-state index contributed by atoms with van der Waals surface area (Å²) in [5.41, 5.74) is 0.277. The Morgan fingerprint density at radius 1 is 0.610 bits per heavy atom. The molecular weight excluding hydrogens is 546 g/mol. The van der Waals surface area contributed by atoms with Crippen LogP contribution in [0.3, 0.4) is 0 Å². The summed E-state index contributed by atoms with van der Waals surface area (Å²) in [5, 5.41) is 78.7. The van der Waals surface area contributed by atoms with Crippen molar-refractivity contribution in [1.82, 2.24) is 0 Å². The van der Waals surface area contributed by atoms with Gasteiger partial charge in [0.25, 0.3) is 5.92 Å². The Balaban J connectivity index is 1.39. The molecule has 41 heavy (non-hydrogen) atoms. The highest BCUT2D eigenvalue weighted by Gasteiger charge is 2.46. The zero-order valence-electron chi connectivity index (χ0n) is 21.3. The summed E-state index contributed by atoms with van der Waals surface area (Å²) in [6, 6.07) is 8.37. The van der Waals surface area contributed by atoms with Crippen molar-refractivity contribution in [3.05, 3.63) is 58.7 Å². The predicted octanol–water partition coefficient (Wildman–Crippen LogP) is -1.81. The van der Waals surface area contributed by atoms with E-state index in [1.807, 2.05) is 0 Å². The van der Waals surface area contributed by atoms with Crippen molar-refractivity contribution in [3.63, 3.8) is 0 Å². The molecule has 5 rings (SSSR count). The average molecular weight is 575 g/mol. The molecule has 2 aromatic carbocycles. The Morgan fingerprint density at radius 2 is 1.00 bits per heavy atom. The molecule has 3 aliphatic rings. The summed E-state index contributed by atoms with van der Waals surface area (Å²) < 4.78 is 41.8. The number of ether oxygens (including phenoxy) is 2. The standard InChI is InChI=1S/C29H28F2O10/c30-29(31)17-9-13(3-7-19-23(34)27(38)25(36)21(11-32)40-19)1-5-15(17)16-6-2-14(10-18(16)29)4-8-20-24(35)28(39)26(37)22(12-33)41-20/h1-2,5-6,9-10,19-28,32-39H,11-12H2/t19-,20-,21-,22-,23-,24-,25-,26-,27-,28-/m1/s1. The number of benzene rings is 2. The van der Waals surface area contributed by atoms with Gasteiger partial charge in [0.1, 0.15) is 61.0 Å². The molecule has 8 N–H and O–H groups in total. The molecule has 2 aliphatic heterocycles. The van der Waals surface area contributed by atoms with Crippen molar-refractivity contribution < 1.29 is 59.1 Å². The van der Waals surface area contributed by atoms with Gasteiger partial charge in [0.05, 0.1) is 13.2 Å². The highest BCUT2D eigenvalue weighted by molar-refractivity contribution is 5.80. The largest absolute Gasteiger partial charge is 0.394 e. The van der Waals surface area contributed by atoms with Crippen LogP contribution in [0.25, 0.3) is 11.1 Å². The first-order valence-corrected chi connectivity index (χ1v) is 12.8. The van der Waals surface area contributed by atoms with E-state index in [2.05, 4.69) is 23.7 Å². The van der Waals surface area contributed by atoms with Gasteiger partial charge >= 0.3 is 0 Å². The van der Waals surface area contributed by atoms with Crippen LogP contribution in [0.1, 0.15) is 22.3 Å². The summed E-state index contributed by atoms with van der Waals surface area (Å²) in [6.07, 6.45) is -14.3. The Hall–Kier alpha value is -2.98. The van der Waals surface area contributed by atoms with Crippen LogP contribution < -0.4 is 0 Å². The smallest absolute Gasteiger partial charge is 0.299 e. The molecule has 2 saturated heterocycles. The van der Waals surface area contributed by atoms with E-state index in [-0.39, 0.29) is 33.4 Å². The lowest BCUT2D eigenvalue weighted by Crippen LogP contribution is -2.58. The second-order valence-corrected chi connectivity index (χ2v) is 10.1. The van der Waals surface area contributed by atoms with Gasteiger partial charge in [0.15, 0.2) is 0 Å². The number of aliphatic hydroxyl groups excluding tert-OH is 8. The van der Waals surface area contributed by atoms with E-state index in [0.717, 1.165) is 0 Å². The fourth-order valence-electron chi connectivity index (χ4n) is 5.13. The molecule has 0 saturated carbocycles. The van der Waals surface area contributed by atoms with Gasteiger partial charge in [-0.3, -0.25) is 0 Å². The third-order valence-electron chi connectivity index (χ3n) is 7.51. The zero-order chi connectivity index (χ0) is 29.6. The fourth-order valence-corrected chi connectivity index (χ4v) is 5.13. The van der Waals surface area contributed by atoms with Gasteiger partial charge < -0.3 is 50.3 Å². The van der Waals surface area contributed by atoms with Crippen molar-refractivity contribution in [2.75, 3.05) is 13.2 Å². The molecule has 10 atom stereocenters. The lowest BCUT2D eigenvalue weighted by Gasteiger charge is -2.37. The lowest BCUT2D eigenvalue weighted by atomic mass is 9.95. The number of aliphatic hydroxyl groups is 8. The second kappa shape index (κ2) is 11.4. The maximum absolute atomic E-state index is 15.6. The summed E-state index contributed by atoms with van der Waals surface area (Å²) in [7, 11) is 0. The molecule has 2 heterocycles. The lowest BCUT2D eigenvalue weighted by molar-refractivity contribution is -0.214. The Labute approximate surface area is 233 Å². The van der Waals surface area contributed by atoms with Crippen LogP contribution in [-0.4, -0.2) is 115 Å². The molecule has 218 valence electrons. The van der Waals surface area contributed by atoms with Crippen molar-refractivity contribution in [1.29, 1.82) is 0 Å². The topological polar surface area (TPSA) is 180 Å². The quantitative estimate of drug-likeness (QED) is 0.191. The molecule has 1 aliphatic carbocycles. The summed E-state index contributed by atoms with van der Waals surface area (Å²) in [6.45, 7) is -1.25. The molecule has 0 bridgehead atoms. The minimum Gasteiger partial charge on any atom is -0.394 e. The van der Waals surface area contributed by atoms with E-state index in [0.29, 0.717) is 0 Å². The minimum atomic E-state index is -3.42. The minimum absolute atomic E-state index is 0.177. The van der Waals surface area contributed by atoms with Gasteiger partial charge in [-0.05, 0) is 35.4 Å². The Morgan fingerprint density at radius 3 is 1.37 bits per heavy atom. The number of halogens is 2. The first-order chi connectivity index (χ1) is 19.5. The maximum Gasteiger partial charge on any atom is 0.299 e. The molecule has 0 unspecified atom stereocenters. The average Bonchev–Trinajstić information content (AvgIpc) is 3.19. The van der Waals surface area contributed by atoms with Crippen LogP contribution >= 0.6 is 0 Å². The highest BCUT2D eigenvalue weighted by Crippen LogP contribution is 2.51. The van der Waals surface area contributed by atoms with Crippen molar-refractivity contribution in [2.24, 2.45) is 0 Å². The monoisotopic (exact) mass is 574 g/mol. The van der Waals surface area contributed by atoms with E-state index in [1.54, 1.807) is 0 Å². The van der Waals surface area contributed by atoms with Gasteiger partial charge in [-0.15, -0.1) is 0 Å². The normalized spacial score (nSPS) is 35.4. The van der Waals surface area contributed by atoms with Crippen molar-refractivity contribution >= 4 is 0 Å². The van der Waals surface area contributed by atoms with Gasteiger partial charge in [-0.2, -0.15) is 8.78 Å². The molecule has 2 fully saturated rings. The Bertz CT molecular complexity index is 1320. The van der Waals surface area contributed by atoms with Gasteiger partial charge in [-0.25, -0.2) is 0 Å². The van der Waals surface area contributed by atoms with Crippen LogP contribution in [-0.2, 0) is 15.4 Å². The molecular formula is C29H28F2O10.